The van der Waals surface area contributed by atoms with Crippen LogP contribution in [0.15, 0.2) is 52.3 Å². The topological polar surface area (TPSA) is 65.8 Å². The lowest BCUT2D eigenvalue weighted by atomic mass is 9.48. The van der Waals surface area contributed by atoms with E-state index in [0.29, 0.717) is 23.7 Å². The molecule has 0 amide bonds. The van der Waals surface area contributed by atoms with Crippen LogP contribution in [0.3, 0.4) is 0 Å². The SMILES string of the molecule is CCCc1cnc(CC2CCC34OCC3C(OC3C(C)=CN=C(Oc5ccc(SC)cc5F)C3C)C4C2)nc1. The smallest absolute Gasteiger partial charge is 0.200 e. The molecule has 0 bridgehead atoms. The summed E-state index contributed by atoms with van der Waals surface area (Å²) in [4.78, 5) is 14.7. The van der Waals surface area contributed by atoms with Crippen LogP contribution in [-0.2, 0) is 22.3 Å². The van der Waals surface area contributed by atoms with E-state index in [2.05, 4.69) is 35.7 Å². The van der Waals surface area contributed by atoms with E-state index in [1.165, 1.54) is 23.4 Å². The van der Waals surface area contributed by atoms with Crippen molar-refractivity contribution in [2.75, 3.05) is 12.9 Å². The van der Waals surface area contributed by atoms with Crippen LogP contribution in [0.5, 0.6) is 5.75 Å². The van der Waals surface area contributed by atoms with E-state index in [0.717, 1.165) is 61.4 Å². The maximum atomic E-state index is 14.6. The molecule has 208 valence electrons. The van der Waals surface area contributed by atoms with Gasteiger partial charge in [-0.15, -0.1) is 11.8 Å². The van der Waals surface area contributed by atoms with Gasteiger partial charge in [-0.2, -0.15) is 0 Å². The number of nitrogens with zero attached hydrogens (tertiary/aromatic N) is 3. The zero-order chi connectivity index (χ0) is 27.1. The van der Waals surface area contributed by atoms with Crippen LogP contribution in [0.1, 0.15) is 57.8 Å². The summed E-state index contributed by atoms with van der Waals surface area (Å²) >= 11 is 1.50. The van der Waals surface area contributed by atoms with Crippen molar-refractivity contribution >= 4 is 17.7 Å². The minimum Gasteiger partial charge on any atom is -0.440 e. The Kier molecular flexibility index (Phi) is 7.55. The van der Waals surface area contributed by atoms with Crippen LogP contribution in [0.2, 0.25) is 0 Å². The van der Waals surface area contributed by atoms with E-state index in [1.54, 1.807) is 12.3 Å². The van der Waals surface area contributed by atoms with Crippen LogP contribution in [0.25, 0.3) is 0 Å². The van der Waals surface area contributed by atoms with Crippen LogP contribution < -0.4 is 4.74 Å². The average molecular weight is 552 g/mol. The lowest BCUT2D eigenvalue weighted by Crippen LogP contribution is -2.78. The number of ether oxygens (including phenoxy) is 3. The summed E-state index contributed by atoms with van der Waals surface area (Å²) in [5, 5.41) is 0. The van der Waals surface area contributed by atoms with Gasteiger partial charge in [-0.3, -0.25) is 0 Å². The van der Waals surface area contributed by atoms with Gasteiger partial charge in [0.15, 0.2) is 11.6 Å². The largest absolute Gasteiger partial charge is 0.440 e. The summed E-state index contributed by atoms with van der Waals surface area (Å²) in [6.07, 6.45) is 14.0. The first-order valence-corrected chi connectivity index (χ1v) is 15.5. The van der Waals surface area contributed by atoms with E-state index >= 15 is 0 Å². The fourth-order valence-electron chi connectivity index (χ4n) is 7.01. The van der Waals surface area contributed by atoms with E-state index in [9.17, 15) is 4.39 Å². The van der Waals surface area contributed by atoms with E-state index in [1.807, 2.05) is 24.7 Å². The van der Waals surface area contributed by atoms with Crippen molar-refractivity contribution in [2.45, 2.75) is 82.0 Å². The van der Waals surface area contributed by atoms with Crippen LogP contribution >= 0.6 is 11.8 Å². The van der Waals surface area contributed by atoms with Gasteiger partial charge in [0.2, 0.25) is 5.90 Å². The predicted molar refractivity (Wildman–Crippen MR) is 151 cm³/mol. The number of rotatable bonds is 8. The second kappa shape index (κ2) is 10.9. The molecule has 0 radical (unpaired) electrons. The number of halogens is 1. The number of thioether (sulfide) groups is 1. The molecule has 1 spiro atoms. The quantitative estimate of drug-likeness (QED) is 0.352. The first-order valence-electron chi connectivity index (χ1n) is 14.3. The highest BCUT2D eigenvalue weighted by Gasteiger charge is 2.70. The lowest BCUT2D eigenvalue weighted by Gasteiger charge is -2.70. The van der Waals surface area contributed by atoms with Crippen molar-refractivity contribution < 1.29 is 18.6 Å². The van der Waals surface area contributed by atoms with E-state index in [-0.39, 0.29) is 35.3 Å². The molecule has 6 rings (SSSR count). The molecule has 3 heterocycles. The highest BCUT2D eigenvalue weighted by molar-refractivity contribution is 7.98. The number of hydrogen-bond acceptors (Lipinski definition) is 7. The molecule has 7 atom stereocenters. The fraction of sp³-hybridized carbons (Fsp3) is 0.581. The second-order valence-corrected chi connectivity index (χ2v) is 12.5. The Labute approximate surface area is 234 Å². The normalized spacial score (nSPS) is 33.2. The molecule has 6 nitrogen and oxygen atoms in total. The first kappa shape index (κ1) is 26.9. The summed E-state index contributed by atoms with van der Waals surface area (Å²) in [6.45, 7) is 7.05. The molecule has 1 saturated heterocycles. The minimum absolute atomic E-state index is 0.0158. The predicted octanol–water partition coefficient (Wildman–Crippen LogP) is 6.43. The Morgan fingerprint density at radius 1 is 1.21 bits per heavy atom. The van der Waals surface area contributed by atoms with Crippen molar-refractivity contribution in [3.05, 3.63) is 59.6 Å². The molecule has 2 saturated carbocycles. The Hall–Kier alpha value is -2.29. The fourth-order valence-corrected chi connectivity index (χ4v) is 7.43. The molecule has 1 aromatic heterocycles. The second-order valence-electron chi connectivity index (χ2n) is 11.6. The van der Waals surface area contributed by atoms with Gasteiger partial charge < -0.3 is 14.2 Å². The lowest BCUT2D eigenvalue weighted by molar-refractivity contribution is -0.376. The summed E-state index contributed by atoms with van der Waals surface area (Å²) in [5.41, 5.74) is 2.26. The molecule has 3 fully saturated rings. The van der Waals surface area contributed by atoms with Crippen molar-refractivity contribution in [3.8, 4) is 5.75 Å². The van der Waals surface area contributed by atoms with Gasteiger partial charge in [0.25, 0.3) is 0 Å². The third-order valence-electron chi connectivity index (χ3n) is 9.22. The number of aryl methyl sites for hydroxylation is 1. The van der Waals surface area contributed by atoms with Crippen molar-refractivity contribution in [1.29, 1.82) is 0 Å². The standard InChI is InChI=1S/C31H38FN3O3S/c1-5-6-21-15-33-27(34-16-21)12-20-9-10-31-23(11-20)29(24(31)17-36-31)38-28-18(2)14-35-30(19(28)3)37-26-8-7-22(39-4)13-25(26)32/h7-8,13-16,19-20,23-24,28-29H,5-6,9-12,17H2,1-4H3. The Morgan fingerprint density at radius 2 is 2.03 bits per heavy atom. The first-order chi connectivity index (χ1) is 18.9. The number of aromatic nitrogens is 2. The summed E-state index contributed by atoms with van der Waals surface area (Å²) in [7, 11) is 0. The van der Waals surface area contributed by atoms with Gasteiger partial charge in [0, 0.05) is 41.7 Å². The van der Waals surface area contributed by atoms with Gasteiger partial charge in [-0.1, -0.05) is 20.3 Å². The van der Waals surface area contributed by atoms with Crippen molar-refractivity contribution in [3.63, 3.8) is 0 Å². The molecule has 2 aliphatic heterocycles. The number of hydrogen-bond donors (Lipinski definition) is 0. The molecule has 1 aromatic carbocycles. The molecule has 7 unspecified atom stereocenters. The van der Waals surface area contributed by atoms with Crippen LogP contribution in [0, 0.1) is 29.5 Å². The van der Waals surface area contributed by atoms with Gasteiger partial charge in [0.1, 0.15) is 5.82 Å². The van der Waals surface area contributed by atoms with Gasteiger partial charge >= 0.3 is 0 Å². The molecule has 0 N–H and O–H groups in total. The molecular weight excluding hydrogens is 513 g/mol. The molecule has 2 aromatic rings. The maximum absolute atomic E-state index is 14.6. The Balaban J connectivity index is 1.12. The van der Waals surface area contributed by atoms with Crippen molar-refractivity contribution in [1.82, 2.24) is 9.97 Å². The van der Waals surface area contributed by atoms with Crippen LogP contribution in [-0.4, -0.2) is 46.5 Å². The summed E-state index contributed by atoms with van der Waals surface area (Å²) < 4.78 is 33.8. The number of benzene rings is 1. The Bertz CT molecular complexity index is 1270. The van der Waals surface area contributed by atoms with E-state index < -0.39 is 0 Å². The molecule has 2 aliphatic carbocycles. The zero-order valence-corrected chi connectivity index (χ0v) is 24.0. The highest BCUT2D eigenvalue weighted by Crippen LogP contribution is 2.63. The Morgan fingerprint density at radius 3 is 2.72 bits per heavy atom. The van der Waals surface area contributed by atoms with Gasteiger partial charge in [0.05, 0.1) is 30.3 Å². The zero-order valence-electron chi connectivity index (χ0n) is 23.2. The third-order valence-corrected chi connectivity index (χ3v) is 9.95. The molecular formula is C31H38FN3O3S. The monoisotopic (exact) mass is 551 g/mol. The van der Waals surface area contributed by atoms with Gasteiger partial charge in [-0.25, -0.2) is 19.4 Å². The van der Waals surface area contributed by atoms with E-state index in [4.69, 9.17) is 14.2 Å². The molecule has 8 heteroatoms. The minimum atomic E-state index is -0.381. The van der Waals surface area contributed by atoms with Crippen molar-refractivity contribution in [2.24, 2.45) is 28.7 Å². The number of aliphatic imine (C=N–C) groups is 1. The molecule has 39 heavy (non-hydrogen) atoms. The summed E-state index contributed by atoms with van der Waals surface area (Å²) in [6, 6.07) is 5.03. The third kappa shape index (κ3) is 4.93. The molecule has 4 aliphatic rings. The maximum Gasteiger partial charge on any atom is 0.200 e. The average Bonchev–Trinajstić information content (AvgIpc) is 2.93. The highest BCUT2D eigenvalue weighted by atomic mass is 32.2. The summed E-state index contributed by atoms with van der Waals surface area (Å²) in [5.74, 6) is 2.45. The van der Waals surface area contributed by atoms with Crippen LogP contribution in [0.4, 0.5) is 4.39 Å². The van der Waals surface area contributed by atoms with Gasteiger partial charge in [-0.05, 0) is 74.1 Å².